The predicted octanol–water partition coefficient (Wildman–Crippen LogP) is 2.03. The molecule has 0 saturated heterocycles. The Balaban J connectivity index is 0.000000331. The zero-order valence-electron chi connectivity index (χ0n) is 11.8. The first-order valence-corrected chi connectivity index (χ1v) is 6.16. The summed E-state index contributed by atoms with van der Waals surface area (Å²) in [5.41, 5.74) is 0. The minimum atomic E-state index is -0.375. The molecule has 0 aliphatic heterocycles. The van der Waals surface area contributed by atoms with Crippen molar-refractivity contribution in [2.45, 2.75) is 58.7 Å². The molecule has 0 radical (unpaired) electrons. The van der Waals surface area contributed by atoms with Crippen LogP contribution in [0.4, 0.5) is 9.59 Å². The van der Waals surface area contributed by atoms with Gasteiger partial charge in [0.2, 0.25) is 0 Å². The quantitative estimate of drug-likeness (QED) is 0.814. The second-order valence-electron chi connectivity index (χ2n) is 4.69. The highest BCUT2D eigenvalue weighted by molar-refractivity contribution is 5.68. The molecule has 18 heavy (non-hydrogen) atoms. The van der Waals surface area contributed by atoms with Gasteiger partial charge < -0.3 is 20.1 Å². The number of rotatable bonds is 3. The van der Waals surface area contributed by atoms with Gasteiger partial charge in [-0.2, -0.15) is 0 Å². The van der Waals surface area contributed by atoms with E-state index in [0.717, 1.165) is 12.8 Å². The highest BCUT2D eigenvalue weighted by atomic mass is 16.6. The number of hydrogen-bond acceptors (Lipinski definition) is 4. The molecule has 1 saturated carbocycles. The van der Waals surface area contributed by atoms with Crippen LogP contribution in [0.1, 0.15) is 40.5 Å². The number of carbonyl (C=O) groups excluding carboxylic acids is 2. The Hall–Kier alpha value is -1.46. The minimum Gasteiger partial charge on any atom is -0.453 e. The topological polar surface area (TPSA) is 76.7 Å². The lowest BCUT2D eigenvalue weighted by Gasteiger charge is -2.07. The van der Waals surface area contributed by atoms with Gasteiger partial charge in [0, 0.05) is 12.1 Å². The number of amides is 2. The zero-order chi connectivity index (χ0) is 14.1. The van der Waals surface area contributed by atoms with Gasteiger partial charge in [0.25, 0.3) is 0 Å². The summed E-state index contributed by atoms with van der Waals surface area (Å²) >= 11 is 0. The van der Waals surface area contributed by atoms with E-state index in [0.29, 0.717) is 0 Å². The summed E-state index contributed by atoms with van der Waals surface area (Å²) in [6, 6.07) is 0.327. The summed E-state index contributed by atoms with van der Waals surface area (Å²) in [7, 11) is 1.34. The van der Waals surface area contributed by atoms with Gasteiger partial charge in [-0.1, -0.05) is 0 Å². The molecule has 6 heteroatoms. The number of nitrogens with one attached hydrogen (secondary N) is 2. The second kappa shape index (κ2) is 8.60. The molecule has 6 nitrogen and oxygen atoms in total. The Morgan fingerprint density at radius 2 is 1.44 bits per heavy atom. The summed E-state index contributed by atoms with van der Waals surface area (Å²) in [6.45, 7) is 7.57. The largest absolute Gasteiger partial charge is 0.453 e. The van der Waals surface area contributed by atoms with Crippen molar-refractivity contribution in [2.75, 3.05) is 7.11 Å². The molecule has 0 bridgehead atoms. The molecular weight excluding hydrogens is 236 g/mol. The molecule has 0 atom stereocenters. The molecular formula is C12H24N2O4. The molecule has 1 aliphatic carbocycles. The third-order valence-electron chi connectivity index (χ3n) is 1.80. The number of alkyl carbamates (subject to hydrolysis) is 2. The molecule has 1 rings (SSSR count). The maximum Gasteiger partial charge on any atom is 0.407 e. The van der Waals surface area contributed by atoms with Gasteiger partial charge in [-0.15, -0.1) is 0 Å². The Kier molecular flexibility index (Phi) is 7.91. The molecule has 2 N–H and O–H groups in total. The molecule has 0 heterocycles. The van der Waals surface area contributed by atoms with Crippen molar-refractivity contribution in [1.29, 1.82) is 0 Å². The average molecular weight is 260 g/mol. The van der Waals surface area contributed by atoms with Gasteiger partial charge in [-0.05, 0) is 40.5 Å². The fourth-order valence-electron chi connectivity index (χ4n) is 0.902. The third-order valence-corrected chi connectivity index (χ3v) is 1.80. The smallest absolute Gasteiger partial charge is 0.407 e. The fraction of sp³-hybridized carbons (Fsp3) is 0.833. The van der Waals surface area contributed by atoms with Crippen molar-refractivity contribution in [3.63, 3.8) is 0 Å². The van der Waals surface area contributed by atoms with Gasteiger partial charge in [0.1, 0.15) is 6.10 Å². The summed E-state index contributed by atoms with van der Waals surface area (Å²) in [6.07, 6.45) is 1.62. The molecule has 1 fully saturated rings. The van der Waals surface area contributed by atoms with Crippen molar-refractivity contribution in [3.05, 3.63) is 0 Å². The van der Waals surface area contributed by atoms with Crippen LogP contribution < -0.4 is 10.6 Å². The lowest BCUT2D eigenvalue weighted by Crippen LogP contribution is -2.31. The summed E-state index contributed by atoms with van der Waals surface area (Å²) in [4.78, 5) is 21.1. The van der Waals surface area contributed by atoms with E-state index >= 15 is 0 Å². The van der Waals surface area contributed by atoms with Crippen LogP contribution in [0.2, 0.25) is 0 Å². The lowest BCUT2D eigenvalue weighted by atomic mass is 10.4. The van der Waals surface area contributed by atoms with E-state index in [9.17, 15) is 9.59 Å². The number of ether oxygens (including phenoxy) is 2. The Morgan fingerprint density at radius 3 is 1.72 bits per heavy atom. The van der Waals surface area contributed by atoms with E-state index < -0.39 is 0 Å². The highest BCUT2D eigenvalue weighted by Crippen LogP contribution is 2.23. The highest BCUT2D eigenvalue weighted by Gasteiger charge is 2.25. The van der Waals surface area contributed by atoms with Crippen molar-refractivity contribution < 1.29 is 19.1 Å². The standard InChI is InChI=1S/C7H13NO2.C5H11NO2/c1-5(2)8-7(9)10-6-3-4-6;1-4(2)6-5(7)8-3/h5-6H,3-4H2,1-2H3,(H,8,9);4H,1-3H3,(H,6,7). The number of carbonyl (C=O) groups is 2. The van der Waals surface area contributed by atoms with E-state index in [4.69, 9.17) is 4.74 Å². The van der Waals surface area contributed by atoms with E-state index in [2.05, 4.69) is 15.4 Å². The second-order valence-corrected chi connectivity index (χ2v) is 4.69. The van der Waals surface area contributed by atoms with Crippen LogP contribution in [0.5, 0.6) is 0 Å². The Labute approximate surface area is 108 Å². The first-order valence-electron chi connectivity index (χ1n) is 6.16. The van der Waals surface area contributed by atoms with E-state index in [1.807, 2.05) is 27.7 Å². The third kappa shape index (κ3) is 11.0. The van der Waals surface area contributed by atoms with Crippen LogP contribution in [0.15, 0.2) is 0 Å². The number of methoxy groups -OCH3 is 1. The number of hydrogen-bond donors (Lipinski definition) is 2. The van der Waals surface area contributed by atoms with Crippen molar-refractivity contribution in [2.24, 2.45) is 0 Å². The molecule has 0 unspecified atom stereocenters. The normalized spacial score (nSPS) is 13.5. The Morgan fingerprint density at radius 1 is 1.00 bits per heavy atom. The Bertz CT molecular complexity index is 257. The maximum absolute atomic E-state index is 10.8. The molecule has 0 aromatic rings. The van der Waals surface area contributed by atoms with Gasteiger partial charge in [0.05, 0.1) is 7.11 Å². The SMILES string of the molecule is CC(C)NC(=O)OC1CC1.COC(=O)NC(C)C. The average Bonchev–Trinajstić information content (AvgIpc) is 3.00. The monoisotopic (exact) mass is 260 g/mol. The molecule has 0 spiro atoms. The lowest BCUT2D eigenvalue weighted by molar-refractivity contribution is 0.136. The van der Waals surface area contributed by atoms with Crippen LogP contribution in [-0.4, -0.2) is 37.5 Å². The van der Waals surface area contributed by atoms with Crippen LogP contribution in [0.3, 0.4) is 0 Å². The summed E-state index contributed by atoms with van der Waals surface area (Å²) < 4.78 is 9.23. The van der Waals surface area contributed by atoms with Crippen molar-refractivity contribution in [3.8, 4) is 0 Å². The molecule has 2 amide bonds. The first-order chi connectivity index (χ1) is 8.35. The first kappa shape index (κ1) is 16.5. The minimum absolute atomic E-state index is 0.155. The van der Waals surface area contributed by atoms with E-state index in [1.54, 1.807) is 0 Å². The molecule has 0 aromatic heterocycles. The van der Waals surface area contributed by atoms with Crippen LogP contribution in [0.25, 0.3) is 0 Å². The van der Waals surface area contributed by atoms with Gasteiger partial charge in [-0.3, -0.25) is 0 Å². The molecule has 1 aliphatic rings. The predicted molar refractivity (Wildman–Crippen MR) is 68.5 cm³/mol. The molecule has 106 valence electrons. The zero-order valence-corrected chi connectivity index (χ0v) is 11.8. The summed E-state index contributed by atoms with van der Waals surface area (Å²) in [5.74, 6) is 0. The fourth-order valence-corrected chi connectivity index (χ4v) is 0.902. The van der Waals surface area contributed by atoms with Crippen LogP contribution in [0, 0.1) is 0 Å². The van der Waals surface area contributed by atoms with Crippen LogP contribution in [-0.2, 0) is 9.47 Å². The van der Waals surface area contributed by atoms with Gasteiger partial charge in [0.15, 0.2) is 0 Å². The van der Waals surface area contributed by atoms with Crippen molar-refractivity contribution >= 4 is 12.2 Å². The van der Waals surface area contributed by atoms with Gasteiger partial charge in [-0.25, -0.2) is 9.59 Å². The van der Waals surface area contributed by atoms with E-state index in [-0.39, 0.29) is 30.4 Å². The summed E-state index contributed by atoms with van der Waals surface area (Å²) in [5, 5.41) is 5.18. The van der Waals surface area contributed by atoms with E-state index in [1.165, 1.54) is 7.11 Å². The van der Waals surface area contributed by atoms with Gasteiger partial charge >= 0.3 is 12.2 Å². The molecule has 0 aromatic carbocycles. The maximum atomic E-state index is 10.8. The van der Waals surface area contributed by atoms with Crippen molar-refractivity contribution in [1.82, 2.24) is 10.6 Å². The van der Waals surface area contributed by atoms with Crippen LogP contribution >= 0.6 is 0 Å².